The lowest BCUT2D eigenvalue weighted by Crippen LogP contribution is -2.25. The molecule has 3 nitrogen and oxygen atoms in total. The summed E-state index contributed by atoms with van der Waals surface area (Å²) >= 11 is 0. The molecule has 0 aliphatic heterocycles. The largest absolute Gasteiger partial charge is 0.345 e. The van der Waals surface area contributed by atoms with E-state index in [1.807, 2.05) is 19.1 Å². The Labute approximate surface area is 76.8 Å². The lowest BCUT2D eigenvalue weighted by atomic mass is 10.1. The van der Waals surface area contributed by atoms with Crippen molar-refractivity contribution in [3.8, 4) is 0 Å². The van der Waals surface area contributed by atoms with Crippen LogP contribution >= 0.6 is 0 Å². The summed E-state index contributed by atoms with van der Waals surface area (Å²) in [5, 5.41) is 2.48. The van der Waals surface area contributed by atoms with E-state index in [-0.39, 0.29) is 12.5 Å². The summed E-state index contributed by atoms with van der Waals surface area (Å²) < 4.78 is 0. The van der Waals surface area contributed by atoms with E-state index in [4.69, 9.17) is 0 Å². The Hall–Kier alpha value is -1.64. The van der Waals surface area contributed by atoms with Gasteiger partial charge in [-0.3, -0.25) is 4.79 Å². The van der Waals surface area contributed by atoms with Crippen LogP contribution in [0.5, 0.6) is 0 Å². The van der Waals surface area contributed by atoms with Gasteiger partial charge in [-0.05, 0) is 18.6 Å². The molecule has 0 aliphatic rings. The standard InChI is InChI=1S/C10H11NO2/c1-8-4-2-3-5-9(8)10(13)11-6-7-12/h2-5,7H,6H2,1H3,(H,11,13). The van der Waals surface area contributed by atoms with Gasteiger partial charge in [0.15, 0.2) is 0 Å². The molecule has 0 unspecified atom stereocenters. The van der Waals surface area contributed by atoms with Crippen molar-refractivity contribution in [1.82, 2.24) is 5.32 Å². The Morgan fingerprint density at radius 3 is 2.77 bits per heavy atom. The van der Waals surface area contributed by atoms with Crippen LogP contribution in [0.3, 0.4) is 0 Å². The SMILES string of the molecule is Cc1ccccc1C(=O)NCC=O. The van der Waals surface area contributed by atoms with Gasteiger partial charge in [-0.2, -0.15) is 0 Å². The van der Waals surface area contributed by atoms with Gasteiger partial charge in [-0.15, -0.1) is 0 Å². The van der Waals surface area contributed by atoms with Crippen LogP contribution in [0.25, 0.3) is 0 Å². The van der Waals surface area contributed by atoms with Crippen molar-refractivity contribution in [2.45, 2.75) is 6.92 Å². The molecule has 0 bridgehead atoms. The Balaban J connectivity index is 2.76. The van der Waals surface area contributed by atoms with Gasteiger partial charge in [-0.1, -0.05) is 18.2 Å². The average molecular weight is 177 g/mol. The van der Waals surface area contributed by atoms with Gasteiger partial charge in [0.25, 0.3) is 5.91 Å². The number of hydrogen-bond acceptors (Lipinski definition) is 2. The van der Waals surface area contributed by atoms with Crippen LogP contribution in [-0.2, 0) is 4.79 Å². The number of aryl methyl sites for hydroxylation is 1. The van der Waals surface area contributed by atoms with E-state index in [1.54, 1.807) is 12.1 Å². The highest BCUT2D eigenvalue weighted by Crippen LogP contribution is 2.05. The first-order valence-electron chi connectivity index (χ1n) is 4.03. The molecule has 1 aromatic carbocycles. The van der Waals surface area contributed by atoms with E-state index >= 15 is 0 Å². The first-order chi connectivity index (χ1) is 6.25. The lowest BCUT2D eigenvalue weighted by molar-refractivity contribution is -0.107. The summed E-state index contributed by atoms with van der Waals surface area (Å²) in [6.07, 6.45) is 0.663. The van der Waals surface area contributed by atoms with E-state index < -0.39 is 0 Å². The molecule has 1 amide bonds. The Morgan fingerprint density at radius 2 is 2.15 bits per heavy atom. The molecule has 1 aromatic rings. The van der Waals surface area contributed by atoms with Gasteiger partial charge >= 0.3 is 0 Å². The second-order valence-electron chi connectivity index (χ2n) is 2.69. The molecule has 0 fully saturated rings. The fourth-order valence-corrected chi connectivity index (χ4v) is 1.06. The highest BCUT2D eigenvalue weighted by molar-refractivity contribution is 5.96. The highest BCUT2D eigenvalue weighted by atomic mass is 16.2. The third-order valence-corrected chi connectivity index (χ3v) is 1.74. The molecule has 68 valence electrons. The fourth-order valence-electron chi connectivity index (χ4n) is 1.06. The minimum absolute atomic E-state index is 0.0627. The van der Waals surface area contributed by atoms with Crippen molar-refractivity contribution in [3.05, 3.63) is 35.4 Å². The van der Waals surface area contributed by atoms with Crippen molar-refractivity contribution >= 4 is 12.2 Å². The van der Waals surface area contributed by atoms with E-state index in [0.29, 0.717) is 11.8 Å². The molecule has 0 atom stereocenters. The van der Waals surface area contributed by atoms with Crippen molar-refractivity contribution in [2.75, 3.05) is 6.54 Å². The van der Waals surface area contributed by atoms with Gasteiger partial charge in [0.05, 0.1) is 6.54 Å². The Bertz CT molecular complexity index is 320. The van der Waals surface area contributed by atoms with Crippen molar-refractivity contribution in [3.63, 3.8) is 0 Å². The first-order valence-corrected chi connectivity index (χ1v) is 4.03. The van der Waals surface area contributed by atoms with Crippen LogP contribution in [-0.4, -0.2) is 18.7 Å². The molecule has 1 rings (SSSR count). The van der Waals surface area contributed by atoms with Gasteiger partial charge < -0.3 is 10.1 Å². The summed E-state index contributed by atoms with van der Waals surface area (Å²) in [7, 11) is 0. The number of aldehydes is 1. The maximum absolute atomic E-state index is 11.4. The Kier molecular flexibility index (Phi) is 3.20. The van der Waals surface area contributed by atoms with Crippen molar-refractivity contribution in [2.24, 2.45) is 0 Å². The summed E-state index contributed by atoms with van der Waals surface area (Å²) in [6.45, 7) is 1.92. The van der Waals surface area contributed by atoms with Gasteiger partial charge in [0, 0.05) is 5.56 Å². The first kappa shape index (κ1) is 9.45. The van der Waals surface area contributed by atoms with Crippen LogP contribution in [0.4, 0.5) is 0 Å². The summed E-state index contributed by atoms with van der Waals surface area (Å²) in [5.41, 5.74) is 1.52. The predicted octanol–water partition coefficient (Wildman–Crippen LogP) is 0.924. The molecule has 0 radical (unpaired) electrons. The summed E-state index contributed by atoms with van der Waals surface area (Å²) in [5.74, 6) is -0.204. The quantitative estimate of drug-likeness (QED) is 0.698. The van der Waals surface area contributed by atoms with Crippen LogP contribution in [0.2, 0.25) is 0 Å². The molecule has 1 N–H and O–H groups in total. The predicted molar refractivity (Wildman–Crippen MR) is 49.6 cm³/mol. The van der Waals surface area contributed by atoms with Gasteiger partial charge in [-0.25, -0.2) is 0 Å². The highest BCUT2D eigenvalue weighted by Gasteiger charge is 2.05. The zero-order valence-electron chi connectivity index (χ0n) is 7.41. The van der Waals surface area contributed by atoms with Crippen molar-refractivity contribution < 1.29 is 9.59 Å². The van der Waals surface area contributed by atoms with Gasteiger partial charge in [0.1, 0.15) is 6.29 Å². The topological polar surface area (TPSA) is 46.2 Å². The van der Waals surface area contributed by atoms with E-state index in [0.717, 1.165) is 5.56 Å². The van der Waals surface area contributed by atoms with E-state index in [2.05, 4.69) is 5.32 Å². The zero-order chi connectivity index (χ0) is 9.68. The number of benzene rings is 1. The molecule has 0 aromatic heterocycles. The number of hydrogen-bond donors (Lipinski definition) is 1. The number of carbonyl (C=O) groups is 2. The smallest absolute Gasteiger partial charge is 0.251 e. The van der Waals surface area contributed by atoms with Gasteiger partial charge in [0.2, 0.25) is 0 Å². The lowest BCUT2D eigenvalue weighted by Gasteiger charge is -2.03. The third kappa shape index (κ3) is 2.40. The maximum atomic E-state index is 11.4. The second kappa shape index (κ2) is 4.40. The van der Waals surface area contributed by atoms with Crippen LogP contribution in [0.1, 0.15) is 15.9 Å². The molecule has 0 aliphatic carbocycles. The molecule has 0 saturated carbocycles. The Morgan fingerprint density at radius 1 is 1.46 bits per heavy atom. The van der Waals surface area contributed by atoms with Crippen LogP contribution in [0.15, 0.2) is 24.3 Å². The van der Waals surface area contributed by atoms with E-state index in [9.17, 15) is 9.59 Å². The van der Waals surface area contributed by atoms with E-state index in [1.165, 1.54) is 0 Å². The monoisotopic (exact) mass is 177 g/mol. The minimum atomic E-state index is -0.204. The number of amides is 1. The molecule has 0 saturated heterocycles. The number of rotatable bonds is 3. The zero-order valence-corrected chi connectivity index (χ0v) is 7.41. The fraction of sp³-hybridized carbons (Fsp3) is 0.200. The third-order valence-electron chi connectivity index (χ3n) is 1.74. The number of nitrogens with one attached hydrogen (secondary N) is 1. The number of carbonyl (C=O) groups excluding carboxylic acids is 2. The molecule has 0 heterocycles. The molecule has 3 heteroatoms. The molecular formula is C10H11NO2. The molecule has 13 heavy (non-hydrogen) atoms. The molecule has 0 spiro atoms. The molecular weight excluding hydrogens is 166 g/mol. The second-order valence-corrected chi connectivity index (χ2v) is 2.69. The normalized spacial score (nSPS) is 9.31. The summed E-state index contributed by atoms with van der Waals surface area (Å²) in [4.78, 5) is 21.4. The summed E-state index contributed by atoms with van der Waals surface area (Å²) in [6, 6.07) is 7.25. The van der Waals surface area contributed by atoms with Crippen LogP contribution < -0.4 is 5.32 Å². The maximum Gasteiger partial charge on any atom is 0.251 e. The van der Waals surface area contributed by atoms with Crippen molar-refractivity contribution in [1.29, 1.82) is 0 Å². The average Bonchev–Trinajstić information content (AvgIpc) is 2.15. The minimum Gasteiger partial charge on any atom is -0.345 e. The van der Waals surface area contributed by atoms with Crippen LogP contribution in [0, 0.1) is 6.92 Å².